The summed E-state index contributed by atoms with van der Waals surface area (Å²) in [5, 5.41) is 10.6. The Balaban J connectivity index is 1.60. The summed E-state index contributed by atoms with van der Waals surface area (Å²) < 4.78 is 5.87. The molecule has 0 spiro atoms. The Hall–Kier alpha value is -1.84. The number of hydrogen-bond acceptors (Lipinski definition) is 3. The largest absolute Gasteiger partial charge is 0.493 e. The van der Waals surface area contributed by atoms with Crippen molar-refractivity contribution in [3.8, 4) is 0 Å². The number of benzene rings is 1. The Bertz CT molecular complexity index is 545. The van der Waals surface area contributed by atoms with E-state index in [0.29, 0.717) is 17.9 Å². The molecule has 0 heterocycles. The van der Waals surface area contributed by atoms with E-state index in [1.807, 2.05) is 0 Å². The van der Waals surface area contributed by atoms with E-state index in [4.69, 9.17) is 4.74 Å². The molecule has 1 aromatic rings. The molecule has 100 valence electrons. The van der Waals surface area contributed by atoms with Crippen LogP contribution in [0.3, 0.4) is 0 Å². The SMILES string of the molecule is CC1(C)[C@@H]2C(OCc3ccc([N+](=O)[O-])cc3)=CC[C@@H]21. The summed E-state index contributed by atoms with van der Waals surface area (Å²) in [7, 11) is 0. The topological polar surface area (TPSA) is 52.4 Å². The monoisotopic (exact) mass is 259 g/mol. The van der Waals surface area contributed by atoms with Crippen LogP contribution in [0.5, 0.6) is 0 Å². The molecule has 0 saturated heterocycles. The number of hydrogen-bond donors (Lipinski definition) is 0. The molecule has 1 fully saturated rings. The van der Waals surface area contributed by atoms with E-state index in [0.717, 1.165) is 23.7 Å². The van der Waals surface area contributed by atoms with Gasteiger partial charge in [-0.2, -0.15) is 0 Å². The second-order valence-corrected chi connectivity index (χ2v) is 5.96. The summed E-state index contributed by atoms with van der Waals surface area (Å²) in [6.45, 7) is 5.05. The third-order valence-corrected chi connectivity index (χ3v) is 4.48. The van der Waals surface area contributed by atoms with Gasteiger partial charge in [-0.05, 0) is 41.5 Å². The lowest BCUT2D eigenvalue weighted by atomic mass is 10.0. The van der Waals surface area contributed by atoms with Crippen molar-refractivity contribution in [1.82, 2.24) is 0 Å². The molecular formula is C15H17NO3. The summed E-state index contributed by atoms with van der Waals surface area (Å²) >= 11 is 0. The number of non-ortho nitro benzene ring substituents is 1. The van der Waals surface area contributed by atoms with Crippen LogP contribution in [-0.2, 0) is 11.3 Å². The predicted molar refractivity (Wildman–Crippen MR) is 71.3 cm³/mol. The first-order valence-corrected chi connectivity index (χ1v) is 6.56. The first-order valence-electron chi connectivity index (χ1n) is 6.56. The predicted octanol–water partition coefficient (Wildman–Crippen LogP) is 3.67. The van der Waals surface area contributed by atoms with Crippen LogP contribution in [0.4, 0.5) is 5.69 Å². The Morgan fingerprint density at radius 3 is 2.58 bits per heavy atom. The first kappa shape index (κ1) is 12.2. The van der Waals surface area contributed by atoms with Crippen LogP contribution in [0, 0.1) is 27.4 Å². The van der Waals surface area contributed by atoms with Gasteiger partial charge in [0, 0.05) is 18.1 Å². The molecule has 0 radical (unpaired) electrons. The Kier molecular flexibility index (Phi) is 2.62. The smallest absolute Gasteiger partial charge is 0.269 e. The molecular weight excluding hydrogens is 242 g/mol. The molecule has 0 bridgehead atoms. The Morgan fingerprint density at radius 1 is 1.37 bits per heavy atom. The number of nitro benzene ring substituents is 1. The quantitative estimate of drug-likeness (QED) is 0.612. The molecule has 3 rings (SSSR count). The fraction of sp³-hybridized carbons (Fsp3) is 0.467. The summed E-state index contributed by atoms with van der Waals surface area (Å²) in [5.74, 6) is 2.43. The normalized spacial score (nSPS) is 26.5. The lowest BCUT2D eigenvalue weighted by Gasteiger charge is -2.12. The maximum Gasteiger partial charge on any atom is 0.269 e. The van der Waals surface area contributed by atoms with Crippen LogP contribution in [0.2, 0.25) is 0 Å². The average Bonchev–Trinajstić information content (AvgIpc) is 2.76. The molecule has 0 aliphatic heterocycles. The molecule has 0 aromatic heterocycles. The fourth-order valence-corrected chi connectivity index (χ4v) is 3.15. The zero-order chi connectivity index (χ0) is 13.6. The number of fused-ring (bicyclic) bond motifs is 1. The van der Waals surface area contributed by atoms with Gasteiger partial charge in [-0.15, -0.1) is 0 Å². The highest BCUT2D eigenvalue weighted by Gasteiger charge is 2.62. The van der Waals surface area contributed by atoms with E-state index in [-0.39, 0.29) is 10.6 Å². The van der Waals surface area contributed by atoms with E-state index in [1.165, 1.54) is 12.1 Å². The molecule has 1 saturated carbocycles. The van der Waals surface area contributed by atoms with E-state index < -0.39 is 0 Å². The molecule has 4 nitrogen and oxygen atoms in total. The van der Waals surface area contributed by atoms with Crippen molar-refractivity contribution >= 4 is 5.69 Å². The van der Waals surface area contributed by atoms with Gasteiger partial charge < -0.3 is 4.74 Å². The fourth-order valence-electron chi connectivity index (χ4n) is 3.15. The highest BCUT2D eigenvalue weighted by Crippen LogP contribution is 2.66. The van der Waals surface area contributed by atoms with Crippen molar-refractivity contribution in [1.29, 1.82) is 0 Å². The van der Waals surface area contributed by atoms with Gasteiger partial charge in [0.15, 0.2) is 0 Å². The van der Waals surface area contributed by atoms with Gasteiger partial charge in [0.2, 0.25) is 0 Å². The molecule has 0 N–H and O–H groups in total. The lowest BCUT2D eigenvalue weighted by molar-refractivity contribution is -0.384. The number of allylic oxidation sites excluding steroid dienone is 2. The van der Waals surface area contributed by atoms with Crippen LogP contribution in [0.15, 0.2) is 36.1 Å². The molecule has 0 unspecified atom stereocenters. The molecule has 4 heteroatoms. The van der Waals surface area contributed by atoms with Gasteiger partial charge >= 0.3 is 0 Å². The maximum absolute atomic E-state index is 10.6. The molecule has 2 aliphatic carbocycles. The minimum absolute atomic E-state index is 0.118. The molecule has 0 amide bonds. The van der Waals surface area contributed by atoms with Crippen LogP contribution in [-0.4, -0.2) is 4.92 Å². The van der Waals surface area contributed by atoms with E-state index in [9.17, 15) is 10.1 Å². The standard InChI is InChI=1S/C15H17NO3/c1-15(2)12-7-8-13(14(12)15)19-9-10-3-5-11(6-4-10)16(17)18/h3-6,8,12,14H,7,9H2,1-2H3/t12-,14-/m0/s1. The van der Waals surface area contributed by atoms with Crippen molar-refractivity contribution in [3.63, 3.8) is 0 Å². The number of ether oxygens (including phenoxy) is 1. The highest BCUT2D eigenvalue weighted by molar-refractivity contribution is 5.33. The van der Waals surface area contributed by atoms with Gasteiger partial charge in [-0.1, -0.05) is 13.8 Å². The van der Waals surface area contributed by atoms with Gasteiger partial charge in [-0.25, -0.2) is 0 Å². The van der Waals surface area contributed by atoms with Crippen molar-refractivity contribution in [2.24, 2.45) is 17.3 Å². The third-order valence-electron chi connectivity index (χ3n) is 4.48. The zero-order valence-electron chi connectivity index (χ0n) is 11.1. The summed E-state index contributed by atoms with van der Waals surface area (Å²) in [6, 6.07) is 6.55. The van der Waals surface area contributed by atoms with Gasteiger partial charge in [0.05, 0.1) is 10.7 Å². The molecule has 2 aliphatic rings. The second kappa shape index (κ2) is 4.08. The van der Waals surface area contributed by atoms with Gasteiger partial charge in [0.1, 0.15) is 6.61 Å². The molecule has 19 heavy (non-hydrogen) atoms. The van der Waals surface area contributed by atoms with Crippen LogP contribution in [0.25, 0.3) is 0 Å². The molecule has 1 aromatic carbocycles. The summed E-state index contributed by atoms with van der Waals surface area (Å²) in [6.07, 6.45) is 3.30. The minimum Gasteiger partial charge on any atom is -0.493 e. The van der Waals surface area contributed by atoms with Crippen LogP contribution >= 0.6 is 0 Å². The van der Waals surface area contributed by atoms with E-state index >= 15 is 0 Å². The second-order valence-electron chi connectivity index (χ2n) is 5.96. The maximum atomic E-state index is 10.6. The number of nitrogens with zero attached hydrogens (tertiary/aromatic N) is 1. The van der Waals surface area contributed by atoms with Crippen molar-refractivity contribution in [2.75, 3.05) is 0 Å². The Labute approximate surface area is 112 Å². The first-order chi connectivity index (χ1) is 9.00. The summed E-state index contributed by atoms with van der Waals surface area (Å²) in [5.41, 5.74) is 1.47. The van der Waals surface area contributed by atoms with Crippen LogP contribution in [0.1, 0.15) is 25.8 Å². The summed E-state index contributed by atoms with van der Waals surface area (Å²) in [4.78, 5) is 10.2. The third kappa shape index (κ3) is 2.01. The zero-order valence-corrected chi connectivity index (χ0v) is 11.1. The Morgan fingerprint density at radius 2 is 2.05 bits per heavy atom. The van der Waals surface area contributed by atoms with Crippen LogP contribution < -0.4 is 0 Å². The van der Waals surface area contributed by atoms with Gasteiger partial charge in [0.25, 0.3) is 5.69 Å². The number of nitro groups is 1. The van der Waals surface area contributed by atoms with E-state index in [2.05, 4.69) is 19.9 Å². The van der Waals surface area contributed by atoms with E-state index in [1.54, 1.807) is 12.1 Å². The average molecular weight is 259 g/mol. The lowest BCUT2D eigenvalue weighted by Crippen LogP contribution is -2.01. The van der Waals surface area contributed by atoms with Gasteiger partial charge in [-0.3, -0.25) is 10.1 Å². The van der Waals surface area contributed by atoms with Crippen molar-refractivity contribution in [3.05, 3.63) is 51.8 Å². The van der Waals surface area contributed by atoms with Crippen molar-refractivity contribution in [2.45, 2.75) is 26.9 Å². The highest BCUT2D eigenvalue weighted by atomic mass is 16.6. The van der Waals surface area contributed by atoms with Crippen molar-refractivity contribution < 1.29 is 9.66 Å². The molecule has 2 atom stereocenters. The number of rotatable bonds is 4. The minimum atomic E-state index is -0.387.